The highest BCUT2D eigenvalue weighted by atomic mass is 35.5. The van der Waals surface area contributed by atoms with Crippen LogP contribution in [0.25, 0.3) is 22.2 Å². The van der Waals surface area contributed by atoms with E-state index >= 15 is 0 Å². The molecule has 3 rings (SSSR count). The third-order valence-electron chi connectivity index (χ3n) is 2.77. The molecule has 0 saturated carbocycles. The number of anilines is 1. The summed E-state index contributed by atoms with van der Waals surface area (Å²) in [5.41, 5.74) is 8.34. The number of halogens is 1. The van der Waals surface area contributed by atoms with E-state index in [-0.39, 0.29) is 12.6 Å². The first-order chi connectivity index (χ1) is 8.69. The predicted molar refractivity (Wildman–Crippen MR) is 69.1 cm³/mol. The minimum atomic E-state index is -0.131. The van der Waals surface area contributed by atoms with Gasteiger partial charge in [-0.15, -0.1) is 0 Å². The van der Waals surface area contributed by atoms with Crippen LogP contribution in [-0.4, -0.2) is 15.1 Å². The highest BCUT2D eigenvalue weighted by molar-refractivity contribution is 6.31. The fourth-order valence-electron chi connectivity index (χ4n) is 2.03. The summed E-state index contributed by atoms with van der Waals surface area (Å²) in [6.07, 6.45) is 1.46. The number of nitrogen functional groups attached to an aromatic ring is 1. The Labute approximate surface area is 107 Å². The van der Waals surface area contributed by atoms with Crippen molar-refractivity contribution in [2.75, 3.05) is 5.73 Å². The lowest BCUT2D eigenvalue weighted by Crippen LogP contribution is -1.88. The van der Waals surface area contributed by atoms with Gasteiger partial charge in [-0.05, 0) is 18.2 Å². The molecular formula is C12H10ClN3O2. The second-order valence-electron chi connectivity index (χ2n) is 3.90. The monoisotopic (exact) mass is 263 g/mol. The average Bonchev–Trinajstić information content (AvgIpc) is 2.91. The lowest BCUT2D eigenvalue weighted by molar-refractivity contribution is 0.278. The summed E-state index contributed by atoms with van der Waals surface area (Å²) in [7, 11) is 0. The average molecular weight is 264 g/mol. The van der Waals surface area contributed by atoms with Crippen molar-refractivity contribution in [3.63, 3.8) is 0 Å². The van der Waals surface area contributed by atoms with Gasteiger partial charge in [0.1, 0.15) is 12.0 Å². The fraction of sp³-hybridized carbons (Fsp3) is 0.0833. The number of aromatic nitrogens is 2. The summed E-state index contributed by atoms with van der Waals surface area (Å²) in [6, 6.07) is 5.53. The number of H-pyrrole nitrogens is 1. The zero-order chi connectivity index (χ0) is 12.7. The molecule has 6 heteroatoms. The van der Waals surface area contributed by atoms with Gasteiger partial charge in [0, 0.05) is 21.5 Å². The van der Waals surface area contributed by atoms with Gasteiger partial charge < -0.3 is 20.2 Å². The van der Waals surface area contributed by atoms with E-state index in [9.17, 15) is 5.11 Å². The molecular weight excluding hydrogens is 254 g/mol. The van der Waals surface area contributed by atoms with Gasteiger partial charge in [0.05, 0.1) is 12.3 Å². The van der Waals surface area contributed by atoms with Crippen molar-refractivity contribution in [2.24, 2.45) is 0 Å². The lowest BCUT2D eigenvalue weighted by atomic mass is 10.1. The highest BCUT2D eigenvalue weighted by Crippen LogP contribution is 2.33. The Morgan fingerprint density at radius 2 is 2.28 bits per heavy atom. The van der Waals surface area contributed by atoms with E-state index in [4.69, 9.17) is 21.8 Å². The number of benzene rings is 1. The van der Waals surface area contributed by atoms with E-state index in [1.807, 2.05) is 12.1 Å². The Morgan fingerprint density at radius 1 is 1.44 bits per heavy atom. The van der Waals surface area contributed by atoms with Gasteiger partial charge in [-0.2, -0.15) is 4.98 Å². The number of hydrogen-bond donors (Lipinski definition) is 3. The van der Waals surface area contributed by atoms with Gasteiger partial charge >= 0.3 is 0 Å². The maximum Gasteiger partial charge on any atom is 0.292 e. The summed E-state index contributed by atoms with van der Waals surface area (Å²) in [4.78, 5) is 7.20. The largest absolute Gasteiger partial charge is 0.432 e. The van der Waals surface area contributed by atoms with Crippen molar-refractivity contribution in [1.82, 2.24) is 9.97 Å². The van der Waals surface area contributed by atoms with Crippen molar-refractivity contribution >= 4 is 28.5 Å². The normalized spacial score (nSPS) is 11.2. The molecule has 0 amide bonds. The molecule has 0 radical (unpaired) electrons. The summed E-state index contributed by atoms with van der Waals surface area (Å²) < 4.78 is 5.01. The Morgan fingerprint density at radius 3 is 2.94 bits per heavy atom. The smallest absolute Gasteiger partial charge is 0.292 e. The predicted octanol–water partition coefficient (Wildman–Crippen LogP) is 2.55. The first-order valence-corrected chi connectivity index (χ1v) is 5.69. The molecule has 5 nitrogen and oxygen atoms in total. The number of aromatic amines is 1. The fourth-order valence-corrected chi connectivity index (χ4v) is 2.21. The Kier molecular flexibility index (Phi) is 2.50. The Bertz CT molecular complexity index is 717. The van der Waals surface area contributed by atoms with Crippen LogP contribution in [0, 0.1) is 0 Å². The summed E-state index contributed by atoms with van der Waals surface area (Å²) in [6.45, 7) is -0.131. The van der Waals surface area contributed by atoms with Crippen LogP contribution >= 0.6 is 11.6 Å². The molecule has 2 heterocycles. The lowest BCUT2D eigenvalue weighted by Gasteiger charge is -1.97. The van der Waals surface area contributed by atoms with Gasteiger partial charge in [0.15, 0.2) is 0 Å². The molecule has 3 aromatic rings. The van der Waals surface area contributed by atoms with Gasteiger partial charge in [-0.3, -0.25) is 0 Å². The van der Waals surface area contributed by atoms with E-state index in [2.05, 4.69) is 9.97 Å². The first-order valence-electron chi connectivity index (χ1n) is 5.31. The molecule has 92 valence electrons. The third-order valence-corrected chi connectivity index (χ3v) is 3.01. The summed E-state index contributed by atoms with van der Waals surface area (Å²) in [5.74, 6) is 0. The Hall–Kier alpha value is -1.98. The van der Waals surface area contributed by atoms with Crippen molar-refractivity contribution in [3.05, 3.63) is 35.2 Å². The quantitative estimate of drug-likeness (QED) is 0.663. The minimum absolute atomic E-state index is 0.0882. The molecule has 0 aliphatic rings. The Balaban J connectivity index is 2.34. The molecule has 18 heavy (non-hydrogen) atoms. The zero-order valence-electron chi connectivity index (χ0n) is 9.27. The van der Waals surface area contributed by atoms with Crippen LogP contribution < -0.4 is 5.73 Å². The number of hydrogen-bond acceptors (Lipinski definition) is 4. The maximum atomic E-state index is 9.40. The van der Waals surface area contributed by atoms with Crippen LogP contribution in [0.15, 0.2) is 28.9 Å². The molecule has 4 N–H and O–H groups in total. The third kappa shape index (κ3) is 1.64. The van der Waals surface area contributed by atoms with Crippen LogP contribution in [0.5, 0.6) is 0 Å². The standard InChI is InChI=1S/C12H10ClN3O2/c13-6-1-2-8-7(3-6)11(9(4-17)15-8)10-5-18-12(14)16-10/h1-3,5,15,17H,4H2,(H2,14,16). The molecule has 0 saturated heterocycles. The van der Waals surface area contributed by atoms with Crippen LogP contribution in [0.2, 0.25) is 5.02 Å². The molecule has 0 spiro atoms. The summed E-state index contributed by atoms with van der Waals surface area (Å²) >= 11 is 5.99. The molecule has 0 bridgehead atoms. The molecule has 1 aromatic carbocycles. The van der Waals surface area contributed by atoms with Crippen molar-refractivity contribution in [3.8, 4) is 11.3 Å². The van der Waals surface area contributed by atoms with E-state index in [0.29, 0.717) is 16.4 Å². The number of nitrogens with zero attached hydrogens (tertiary/aromatic N) is 1. The topological polar surface area (TPSA) is 88.1 Å². The number of aliphatic hydroxyl groups is 1. The van der Waals surface area contributed by atoms with Crippen LogP contribution in [0.4, 0.5) is 6.01 Å². The SMILES string of the molecule is Nc1nc(-c2c(CO)[nH]c3ccc(Cl)cc23)co1. The van der Waals surface area contributed by atoms with E-state index in [1.165, 1.54) is 6.26 Å². The molecule has 0 unspecified atom stereocenters. The van der Waals surface area contributed by atoms with Crippen molar-refractivity contribution in [2.45, 2.75) is 6.61 Å². The zero-order valence-corrected chi connectivity index (χ0v) is 10.0. The van der Waals surface area contributed by atoms with E-state index in [0.717, 1.165) is 16.5 Å². The van der Waals surface area contributed by atoms with Gasteiger partial charge in [0.25, 0.3) is 6.01 Å². The molecule has 0 atom stereocenters. The second kappa shape index (κ2) is 4.04. The van der Waals surface area contributed by atoms with Crippen molar-refractivity contribution in [1.29, 1.82) is 0 Å². The number of nitrogens with one attached hydrogen (secondary N) is 1. The van der Waals surface area contributed by atoms with Gasteiger partial charge in [-0.1, -0.05) is 11.6 Å². The molecule has 0 fully saturated rings. The second-order valence-corrected chi connectivity index (χ2v) is 4.33. The number of fused-ring (bicyclic) bond motifs is 1. The van der Waals surface area contributed by atoms with Gasteiger partial charge in [0.2, 0.25) is 0 Å². The number of rotatable bonds is 2. The van der Waals surface area contributed by atoms with Gasteiger partial charge in [-0.25, -0.2) is 0 Å². The van der Waals surface area contributed by atoms with Crippen molar-refractivity contribution < 1.29 is 9.52 Å². The molecule has 2 aromatic heterocycles. The molecule has 0 aliphatic carbocycles. The number of nitrogens with two attached hydrogens (primary N) is 1. The maximum absolute atomic E-state index is 9.40. The summed E-state index contributed by atoms with van der Waals surface area (Å²) in [5, 5.41) is 10.9. The highest BCUT2D eigenvalue weighted by Gasteiger charge is 2.16. The minimum Gasteiger partial charge on any atom is -0.432 e. The van der Waals surface area contributed by atoms with E-state index in [1.54, 1.807) is 6.07 Å². The van der Waals surface area contributed by atoms with E-state index < -0.39 is 0 Å². The first kappa shape index (κ1) is 11.1. The number of oxazole rings is 1. The van der Waals surface area contributed by atoms with Crippen LogP contribution in [0.3, 0.4) is 0 Å². The number of aliphatic hydroxyl groups excluding tert-OH is 1. The molecule has 0 aliphatic heterocycles. The van der Waals surface area contributed by atoms with Crippen LogP contribution in [-0.2, 0) is 6.61 Å². The van der Waals surface area contributed by atoms with Crippen LogP contribution in [0.1, 0.15) is 5.69 Å².